The van der Waals surface area contributed by atoms with Crippen molar-refractivity contribution in [2.75, 3.05) is 20.1 Å². The maximum Gasteiger partial charge on any atom is 0.0966 e. The minimum atomic E-state index is 0.693. The molecule has 0 N–H and O–H groups in total. The number of aromatic nitrogens is 1. The molecule has 1 aromatic heterocycles. The predicted octanol–water partition coefficient (Wildman–Crippen LogP) is 3.29. The zero-order chi connectivity index (χ0) is 11.5. The average Bonchev–Trinajstić information content (AvgIpc) is 2.62. The smallest absolute Gasteiger partial charge is 0.0966 e. The lowest BCUT2D eigenvalue weighted by atomic mass is 9.98. The van der Waals surface area contributed by atoms with Gasteiger partial charge in [-0.3, -0.25) is 0 Å². The van der Waals surface area contributed by atoms with Gasteiger partial charge in [-0.15, -0.1) is 11.3 Å². The second-order valence-corrected chi connectivity index (χ2v) is 5.81. The predicted molar refractivity (Wildman–Crippen MR) is 71.0 cm³/mol. The number of aryl methyl sites for hydroxylation is 1. The quantitative estimate of drug-likeness (QED) is 0.783. The van der Waals surface area contributed by atoms with Crippen LogP contribution in [0.2, 0.25) is 0 Å². The average molecular weight is 236 g/mol. The summed E-state index contributed by atoms with van der Waals surface area (Å²) >= 11 is 1.88. The van der Waals surface area contributed by atoms with E-state index in [9.17, 15) is 0 Å². The molecule has 88 valence electrons. The zero-order valence-corrected chi connectivity index (χ0v) is 11.2. The summed E-state index contributed by atoms with van der Waals surface area (Å²) in [6.07, 6.45) is 6.71. The molecule has 2 heterocycles. The molecule has 2 nitrogen and oxygen atoms in total. The van der Waals surface area contributed by atoms with Crippen LogP contribution in [0.3, 0.4) is 0 Å². The van der Waals surface area contributed by atoms with Crippen LogP contribution in [0.15, 0.2) is 6.08 Å². The minimum Gasteiger partial charge on any atom is -0.306 e. The van der Waals surface area contributed by atoms with Gasteiger partial charge in [0, 0.05) is 10.8 Å². The maximum atomic E-state index is 4.76. The second kappa shape index (κ2) is 5.11. The van der Waals surface area contributed by atoms with Crippen LogP contribution in [0.25, 0.3) is 6.08 Å². The van der Waals surface area contributed by atoms with E-state index in [0.717, 1.165) is 0 Å². The highest BCUT2D eigenvalue weighted by Crippen LogP contribution is 2.32. The largest absolute Gasteiger partial charge is 0.306 e. The molecule has 0 saturated carbocycles. The van der Waals surface area contributed by atoms with E-state index in [0.29, 0.717) is 5.92 Å². The molecular weight excluding hydrogens is 216 g/mol. The lowest BCUT2D eigenvalue weighted by molar-refractivity contribution is 0.255. The van der Waals surface area contributed by atoms with E-state index < -0.39 is 0 Å². The van der Waals surface area contributed by atoms with Gasteiger partial charge in [-0.05, 0) is 52.9 Å². The molecule has 0 radical (unpaired) electrons. The summed E-state index contributed by atoms with van der Waals surface area (Å²) in [6.45, 7) is 6.64. The van der Waals surface area contributed by atoms with Crippen molar-refractivity contribution in [1.82, 2.24) is 9.88 Å². The minimum absolute atomic E-state index is 0.693. The Kier molecular flexibility index (Phi) is 3.77. The van der Waals surface area contributed by atoms with Crippen LogP contribution >= 0.6 is 11.3 Å². The summed E-state index contributed by atoms with van der Waals surface area (Å²) in [7, 11) is 2.20. The van der Waals surface area contributed by atoms with Crippen LogP contribution in [-0.4, -0.2) is 30.0 Å². The van der Waals surface area contributed by atoms with Crippen LogP contribution in [0.4, 0.5) is 0 Å². The number of hydrogen-bond acceptors (Lipinski definition) is 3. The number of allylic oxidation sites excluding steroid dienone is 1. The van der Waals surface area contributed by atoms with Gasteiger partial charge in [0.1, 0.15) is 0 Å². The first-order chi connectivity index (χ1) is 7.70. The lowest BCUT2D eigenvalue weighted by Crippen LogP contribution is -2.29. The van der Waals surface area contributed by atoms with Crippen molar-refractivity contribution in [3.8, 4) is 0 Å². The van der Waals surface area contributed by atoms with Crippen LogP contribution < -0.4 is 0 Å². The molecular formula is C13H20N2S. The summed E-state index contributed by atoms with van der Waals surface area (Å²) in [5.74, 6) is 0.693. The normalized spacial score (nSPS) is 19.7. The number of nitrogens with zero attached hydrogens (tertiary/aromatic N) is 2. The first-order valence-electron chi connectivity index (χ1n) is 5.99. The van der Waals surface area contributed by atoms with E-state index in [4.69, 9.17) is 4.98 Å². The number of rotatable bonds is 2. The monoisotopic (exact) mass is 236 g/mol. The van der Waals surface area contributed by atoms with E-state index in [1.807, 2.05) is 18.3 Å². The van der Waals surface area contributed by atoms with Gasteiger partial charge in [0.25, 0.3) is 0 Å². The Balaban J connectivity index is 2.12. The molecule has 16 heavy (non-hydrogen) atoms. The molecule has 2 rings (SSSR count). The molecule has 1 aliphatic heterocycles. The summed E-state index contributed by atoms with van der Waals surface area (Å²) in [5.41, 5.74) is 1.17. The number of hydrogen-bond donors (Lipinski definition) is 0. The molecule has 0 atom stereocenters. The fraction of sp³-hybridized carbons (Fsp3) is 0.615. The van der Waals surface area contributed by atoms with Crippen molar-refractivity contribution < 1.29 is 0 Å². The van der Waals surface area contributed by atoms with Crippen molar-refractivity contribution in [2.24, 2.45) is 0 Å². The van der Waals surface area contributed by atoms with Crippen molar-refractivity contribution in [2.45, 2.75) is 32.6 Å². The molecule has 1 aliphatic rings. The van der Waals surface area contributed by atoms with E-state index in [2.05, 4.69) is 31.0 Å². The molecule has 3 heteroatoms. The first kappa shape index (κ1) is 11.8. The SMILES string of the molecule is C/C=C\c1nc(C2CCN(C)CC2)sc1C. The van der Waals surface area contributed by atoms with E-state index in [1.165, 1.54) is 41.5 Å². The van der Waals surface area contributed by atoms with Crippen molar-refractivity contribution >= 4 is 17.4 Å². The van der Waals surface area contributed by atoms with Gasteiger partial charge in [0.2, 0.25) is 0 Å². The van der Waals surface area contributed by atoms with Gasteiger partial charge in [0.15, 0.2) is 0 Å². The van der Waals surface area contributed by atoms with Crippen molar-refractivity contribution in [3.05, 3.63) is 21.7 Å². The first-order valence-corrected chi connectivity index (χ1v) is 6.81. The van der Waals surface area contributed by atoms with Crippen LogP contribution in [-0.2, 0) is 0 Å². The number of likely N-dealkylation sites (tertiary alicyclic amines) is 1. The van der Waals surface area contributed by atoms with Gasteiger partial charge < -0.3 is 4.90 Å². The summed E-state index contributed by atoms with van der Waals surface area (Å²) in [5, 5.41) is 1.35. The zero-order valence-electron chi connectivity index (χ0n) is 10.4. The Bertz CT molecular complexity index is 373. The van der Waals surface area contributed by atoms with Crippen molar-refractivity contribution in [3.63, 3.8) is 0 Å². The van der Waals surface area contributed by atoms with E-state index >= 15 is 0 Å². The third-order valence-corrected chi connectivity index (χ3v) is 4.39. The second-order valence-electron chi connectivity index (χ2n) is 4.57. The maximum absolute atomic E-state index is 4.76. The molecule has 0 amide bonds. The third-order valence-electron chi connectivity index (χ3n) is 3.24. The highest BCUT2D eigenvalue weighted by atomic mass is 32.1. The molecule has 1 fully saturated rings. The molecule has 0 spiro atoms. The summed E-state index contributed by atoms with van der Waals surface area (Å²) < 4.78 is 0. The summed E-state index contributed by atoms with van der Waals surface area (Å²) in [4.78, 5) is 8.52. The Morgan fingerprint density at radius 3 is 2.69 bits per heavy atom. The fourth-order valence-electron chi connectivity index (χ4n) is 2.17. The standard InChI is InChI=1S/C13H20N2S/c1-4-5-12-10(2)16-13(14-12)11-6-8-15(3)9-7-11/h4-5,11H,6-9H2,1-3H3/b5-4-. The number of thiazole rings is 1. The molecule has 0 aromatic carbocycles. The van der Waals surface area contributed by atoms with E-state index in [-0.39, 0.29) is 0 Å². The summed E-state index contributed by atoms with van der Waals surface area (Å²) in [6, 6.07) is 0. The van der Waals surface area contributed by atoms with Gasteiger partial charge in [-0.25, -0.2) is 4.98 Å². The van der Waals surface area contributed by atoms with Crippen molar-refractivity contribution in [1.29, 1.82) is 0 Å². The molecule has 0 aliphatic carbocycles. The fourth-order valence-corrected chi connectivity index (χ4v) is 3.25. The third kappa shape index (κ3) is 2.53. The van der Waals surface area contributed by atoms with Gasteiger partial charge in [0.05, 0.1) is 10.7 Å². The molecule has 0 bridgehead atoms. The Hall–Kier alpha value is -0.670. The Labute approximate surface area is 102 Å². The number of piperidine rings is 1. The van der Waals surface area contributed by atoms with E-state index in [1.54, 1.807) is 0 Å². The topological polar surface area (TPSA) is 16.1 Å². The highest BCUT2D eigenvalue weighted by Gasteiger charge is 2.21. The van der Waals surface area contributed by atoms with Gasteiger partial charge in [-0.1, -0.05) is 6.08 Å². The van der Waals surface area contributed by atoms with Gasteiger partial charge in [-0.2, -0.15) is 0 Å². The van der Waals surface area contributed by atoms with Crippen LogP contribution in [0.1, 0.15) is 41.3 Å². The lowest BCUT2D eigenvalue weighted by Gasteiger charge is -2.27. The molecule has 1 saturated heterocycles. The van der Waals surface area contributed by atoms with Crippen LogP contribution in [0.5, 0.6) is 0 Å². The molecule has 0 unspecified atom stereocenters. The Morgan fingerprint density at radius 1 is 1.38 bits per heavy atom. The Morgan fingerprint density at radius 2 is 2.06 bits per heavy atom. The highest BCUT2D eigenvalue weighted by molar-refractivity contribution is 7.11. The van der Waals surface area contributed by atoms with Crippen LogP contribution in [0, 0.1) is 6.92 Å². The molecule has 1 aromatic rings. The van der Waals surface area contributed by atoms with Gasteiger partial charge >= 0.3 is 0 Å².